The van der Waals surface area contributed by atoms with Gasteiger partial charge in [0.05, 0.1) is 0 Å². The first-order chi connectivity index (χ1) is 9.15. The Labute approximate surface area is 113 Å². The molecule has 0 fully saturated rings. The van der Waals surface area contributed by atoms with Gasteiger partial charge < -0.3 is 0 Å². The van der Waals surface area contributed by atoms with E-state index in [1.54, 1.807) is 28.7 Å². The molecule has 1 aromatic carbocycles. The highest BCUT2D eigenvalue weighted by molar-refractivity contribution is 6.29. The van der Waals surface area contributed by atoms with E-state index >= 15 is 0 Å². The Bertz CT molecular complexity index is 753. The Morgan fingerprint density at radius 3 is 2.84 bits per heavy atom. The fourth-order valence-electron chi connectivity index (χ4n) is 2.05. The van der Waals surface area contributed by atoms with Crippen LogP contribution in [-0.4, -0.2) is 19.6 Å². The molecule has 4 nitrogen and oxygen atoms in total. The number of rotatable bonds is 2. The van der Waals surface area contributed by atoms with Gasteiger partial charge in [0.2, 0.25) is 0 Å². The van der Waals surface area contributed by atoms with Gasteiger partial charge in [0, 0.05) is 12.5 Å². The second-order valence-electron chi connectivity index (χ2n) is 4.20. The summed E-state index contributed by atoms with van der Waals surface area (Å²) in [7, 11) is 0. The Balaban J connectivity index is 2.09. The molecule has 6 heteroatoms. The van der Waals surface area contributed by atoms with Gasteiger partial charge in [-0.3, -0.25) is 4.40 Å². The SMILES string of the molecule is Cc1nc(Cl)cc2nnc(Cc3ccccc3F)n12. The summed E-state index contributed by atoms with van der Waals surface area (Å²) in [4.78, 5) is 4.15. The first kappa shape index (κ1) is 12.0. The molecule has 0 atom stereocenters. The largest absolute Gasteiger partial charge is 0.266 e. The van der Waals surface area contributed by atoms with E-state index in [1.165, 1.54) is 6.07 Å². The molecule has 0 spiro atoms. The maximum atomic E-state index is 13.7. The highest BCUT2D eigenvalue weighted by Gasteiger charge is 2.12. The molecule has 96 valence electrons. The number of benzene rings is 1. The Morgan fingerprint density at radius 1 is 1.26 bits per heavy atom. The van der Waals surface area contributed by atoms with Crippen LogP contribution in [0.2, 0.25) is 5.15 Å². The van der Waals surface area contributed by atoms with E-state index in [2.05, 4.69) is 15.2 Å². The molecule has 3 aromatic rings. The number of halogens is 2. The van der Waals surface area contributed by atoms with Gasteiger partial charge in [-0.2, -0.15) is 0 Å². The minimum absolute atomic E-state index is 0.251. The van der Waals surface area contributed by atoms with Crippen LogP contribution in [0.5, 0.6) is 0 Å². The van der Waals surface area contributed by atoms with Crippen molar-refractivity contribution >= 4 is 17.2 Å². The van der Waals surface area contributed by atoms with Gasteiger partial charge in [0.1, 0.15) is 22.6 Å². The van der Waals surface area contributed by atoms with Gasteiger partial charge in [-0.25, -0.2) is 9.37 Å². The predicted octanol–water partition coefficient (Wildman–Crippen LogP) is 2.82. The number of hydrogen-bond acceptors (Lipinski definition) is 3. The lowest BCUT2D eigenvalue weighted by molar-refractivity contribution is 0.611. The maximum absolute atomic E-state index is 13.7. The number of aryl methyl sites for hydroxylation is 1. The van der Waals surface area contributed by atoms with Crippen LogP contribution in [0.3, 0.4) is 0 Å². The van der Waals surface area contributed by atoms with Crippen molar-refractivity contribution in [1.29, 1.82) is 0 Å². The van der Waals surface area contributed by atoms with E-state index in [0.29, 0.717) is 34.4 Å². The second-order valence-corrected chi connectivity index (χ2v) is 4.59. The highest BCUT2D eigenvalue weighted by Crippen LogP contribution is 2.16. The average molecular weight is 277 g/mol. The minimum atomic E-state index is -0.251. The van der Waals surface area contributed by atoms with Gasteiger partial charge in [0.25, 0.3) is 0 Å². The second kappa shape index (κ2) is 4.59. The van der Waals surface area contributed by atoms with Crippen molar-refractivity contribution < 1.29 is 4.39 Å². The number of hydrogen-bond donors (Lipinski definition) is 0. The average Bonchev–Trinajstić information content (AvgIpc) is 2.75. The third kappa shape index (κ3) is 2.17. The lowest BCUT2D eigenvalue weighted by Crippen LogP contribution is -2.03. The van der Waals surface area contributed by atoms with Crippen molar-refractivity contribution in [3.05, 3.63) is 58.5 Å². The predicted molar refractivity (Wildman–Crippen MR) is 69.7 cm³/mol. The minimum Gasteiger partial charge on any atom is -0.266 e. The molecule has 19 heavy (non-hydrogen) atoms. The van der Waals surface area contributed by atoms with Gasteiger partial charge in [-0.05, 0) is 18.6 Å². The zero-order valence-electron chi connectivity index (χ0n) is 10.1. The smallest absolute Gasteiger partial charge is 0.165 e. The molecule has 0 saturated carbocycles. The Kier molecular flexibility index (Phi) is 2.91. The topological polar surface area (TPSA) is 43.1 Å². The molecule has 2 aromatic heterocycles. The maximum Gasteiger partial charge on any atom is 0.165 e. The summed E-state index contributed by atoms with van der Waals surface area (Å²) in [5, 5.41) is 8.48. The summed E-state index contributed by atoms with van der Waals surface area (Å²) in [6.07, 6.45) is 0.359. The summed E-state index contributed by atoms with van der Waals surface area (Å²) >= 11 is 5.87. The number of aromatic nitrogens is 4. The fourth-order valence-corrected chi connectivity index (χ4v) is 2.27. The third-order valence-corrected chi connectivity index (χ3v) is 3.10. The summed E-state index contributed by atoms with van der Waals surface area (Å²) < 4.78 is 15.4. The van der Waals surface area contributed by atoms with Crippen LogP contribution in [0.15, 0.2) is 30.3 Å². The molecule has 0 aliphatic carbocycles. The molecule has 0 radical (unpaired) electrons. The van der Waals surface area contributed by atoms with Crippen molar-refractivity contribution in [3.63, 3.8) is 0 Å². The zero-order valence-corrected chi connectivity index (χ0v) is 10.9. The van der Waals surface area contributed by atoms with E-state index in [4.69, 9.17) is 11.6 Å². The highest BCUT2D eigenvalue weighted by atomic mass is 35.5. The first-order valence-electron chi connectivity index (χ1n) is 5.76. The van der Waals surface area contributed by atoms with Crippen LogP contribution in [-0.2, 0) is 6.42 Å². The molecule has 0 N–H and O–H groups in total. The quantitative estimate of drug-likeness (QED) is 0.676. The summed E-state index contributed by atoms with van der Waals surface area (Å²) in [5.74, 6) is 1.07. The van der Waals surface area contributed by atoms with Crippen LogP contribution < -0.4 is 0 Å². The molecular formula is C13H10ClFN4. The molecule has 0 aliphatic rings. The van der Waals surface area contributed by atoms with Crippen LogP contribution in [0, 0.1) is 12.7 Å². The molecular weight excluding hydrogens is 267 g/mol. The molecule has 0 bridgehead atoms. The molecule has 0 saturated heterocycles. The normalized spacial score (nSPS) is 11.1. The van der Waals surface area contributed by atoms with Gasteiger partial charge in [-0.15, -0.1) is 10.2 Å². The summed E-state index contributed by atoms with van der Waals surface area (Å²) in [5.41, 5.74) is 1.19. The monoisotopic (exact) mass is 276 g/mol. The van der Waals surface area contributed by atoms with E-state index in [1.807, 2.05) is 6.92 Å². The summed E-state index contributed by atoms with van der Waals surface area (Å²) in [6, 6.07) is 8.25. The van der Waals surface area contributed by atoms with Gasteiger partial charge >= 0.3 is 0 Å². The Hall–Kier alpha value is -2.01. The van der Waals surface area contributed by atoms with Crippen LogP contribution >= 0.6 is 11.6 Å². The van der Waals surface area contributed by atoms with Gasteiger partial charge in [0.15, 0.2) is 5.65 Å². The standard InChI is InChI=1S/C13H10ClFN4/c1-8-16-11(14)7-13-18-17-12(19(8)13)6-9-4-2-3-5-10(9)15/h2-5,7H,6H2,1H3. The lowest BCUT2D eigenvalue weighted by Gasteiger charge is -2.04. The van der Waals surface area contributed by atoms with Crippen molar-refractivity contribution in [2.75, 3.05) is 0 Å². The summed E-state index contributed by atoms with van der Waals surface area (Å²) in [6.45, 7) is 1.81. The van der Waals surface area contributed by atoms with E-state index in [0.717, 1.165) is 0 Å². The van der Waals surface area contributed by atoms with E-state index in [9.17, 15) is 4.39 Å². The van der Waals surface area contributed by atoms with Crippen molar-refractivity contribution in [2.24, 2.45) is 0 Å². The van der Waals surface area contributed by atoms with Crippen molar-refractivity contribution in [3.8, 4) is 0 Å². The number of nitrogens with zero attached hydrogens (tertiary/aromatic N) is 4. The van der Waals surface area contributed by atoms with Crippen molar-refractivity contribution in [2.45, 2.75) is 13.3 Å². The Morgan fingerprint density at radius 2 is 2.05 bits per heavy atom. The van der Waals surface area contributed by atoms with E-state index < -0.39 is 0 Å². The van der Waals surface area contributed by atoms with E-state index in [-0.39, 0.29) is 5.82 Å². The zero-order chi connectivity index (χ0) is 13.4. The van der Waals surface area contributed by atoms with Crippen molar-refractivity contribution in [1.82, 2.24) is 19.6 Å². The molecule has 0 unspecified atom stereocenters. The lowest BCUT2D eigenvalue weighted by atomic mass is 10.1. The molecule has 0 aliphatic heterocycles. The third-order valence-electron chi connectivity index (χ3n) is 2.90. The fraction of sp³-hybridized carbons (Fsp3) is 0.154. The number of fused-ring (bicyclic) bond motifs is 1. The molecule has 0 amide bonds. The molecule has 3 rings (SSSR count). The molecule has 2 heterocycles. The van der Waals surface area contributed by atoms with Crippen LogP contribution in [0.4, 0.5) is 4.39 Å². The van der Waals surface area contributed by atoms with Crippen LogP contribution in [0.25, 0.3) is 5.65 Å². The first-order valence-corrected chi connectivity index (χ1v) is 6.13. The van der Waals surface area contributed by atoms with Gasteiger partial charge in [-0.1, -0.05) is 29.8 Å². The van der Waals surface area contributed by atoms with Crippen LogP contribution in [0.1, 0.15) is 17.2 Å².